The Morgan fingerprint density at radius 2 is 1.91 bits per heavy atom. The van der Waals surface area contributed by atoms with Gasteiger partial charge >= 0.3 is 6.03 Å². The molecule has 2 amide bonds. The molecule has 0 radical (unpaired) electrons. The van der Waals surface area contributed by atoms with E-state index in [-0.39, 0.29) is 6.03 Å². The van der Waals surface area contributed by atoms with Crippen molar-refractivity contribution in [2.75, 3.05) is 20.2 Å². The SMILES string of the molecule is COc1ccc(C2CCN(C(N)=O)CC2)cc1CC1CCCC1. The molecule has 126 valence electrons. The Bertz CT molecular complexity index is 544. The van der Waals surface area contributed by atoms with E-state index in [9.17, 15) is 4.79 Å². The zero-order valence-corrected chi connectivity index (χ0v) is 14.1. The first kappa shape index (κ1) is 16.2. The molecule has 1 saturated heterocycles. The number of amides is 2. The molecule has 1 saturated carbocycles. The molecule has 2 N–H and O–H groups in total. The number of hydrogen-bond acceptors (Lipinski definition) is 2. The molecule has 1 heterocycles. The van der Waals surface area contributed by atoms with Crippen LogP contribution in [-0.4, -0.2) is 31.1 Å². The van der Waals surface area contributed by atoms with Gasteiger partial charge in [-0.15, -0.1) is 0 Å². The van der Waals surface area contributed by atoms with Gasteiger partial charge < -0.3 is 15.4 Å². The molecular formula is C19H28N2O2. The molecule has 1 aromatic rings. The highest BCUT2D eigenvalue weighted by Gasteiger charge is 2.24. The summed E-state index contributed by atoms with van der Waals surface area (Å²) in [5, 5.41) is 0. The second-order valence-electron chi connectivity index (χ2n) is 7.03. The number of likely N-dealkylation sites (tertiary alicyclic amines) is 1. The van der Waals surface area contributed by atoms with Gasteiger partial charge in [0.1, 0.15) is 5.75 Å². The maximum Gasteiger partial charge on any atom is 0.314 e. The van der Waals surface area contributed by atoms with Crippen LogP contribution in [0.3, 0.4) is 0 Å². The second-order valence-corrected chi connectivity index (χ2v) is 7.03. The van der Waals surface area contributed by atoms with Gasteiger partial charge in [-0.25, -0.2) is 4.79 Å². The average molecular weight is 316 g/mol. The molecule has 4 nitrogen and oxygen atoms in total. The van der Waals surface area contributed by atoms with Crippen molar-refractivity contribution >= 4 is 6.03 Å². The van der Waals surface area contributed by atoms with Gasteiger partial charge in [-0.05, 0) is 48.3 Å². The van der Waals surface area contributed by atoms with Crippen LogP contribution in [0.2, 0.25) is 0 Å². The molecule has 1 aromatic carbocycles. The van der Waals surface area contributed by atoms with Crippen molar-refractivity contribution in [1.29, 1.82) is 0 Å². The van der Waals surface area contributed by atoms with E-state index in [0.29, 0.717) is 5.92 Å². The van der Waals surface area contributed by atoms with Crippen molar-refractivity contribution in [3.05, 3.63) is 29.3 Å². The summed E-state index contributed by atoms with van der Waals surface area (Å²) in [5.74, 6) is 2.37. The summed E-state index contributed by atoms with van der Waals surface area (Å²) in [6, 6.07) is 6.38. The van der Waals surface area contributed by atoms with Crippen molar-refractivity contribution in [2.24, 2.45) is 11.7 Å². The minimum Gasteiger partial charge on any atom is -0.496 e. The average Bonchev–Trinajstić information content (AvgIpc) is 3.08. The molecule has 3 rings (SSSR count). The zero-order chi connectivity index (χ0) is 16.2. The number of nitrogens with zero attached hydrogens (tertiary/aromatic N) is 1. The molecule has 0 spiro atoms. The summed E-state index contributed by atoms with van der Waals surface area (Å²) in [7, 11) is 1.76. The van der Waals surface area contributed by atoms with Gasteiger partial charge in [0.2, 0.25) is 0 Å². The van der Waals surface area contributed by atoms with Gasteiger partial charge in [0, 0.05) is 13.1 Å². The Labute approximate surface area is 139 Å². The first-order valence-electron chi connectivity index (χ1n) is 8.88. The van der Waals surface area contributed by atoms with Crippen molar-refractivity contribution in [3.8, 4) is 5.75 Å². The predicted octanol–water partition coefficient (Wildman–Crippen LogP) is 3.69. The number of urea groups is 1. The Balaban J connectivity index is 1.71. The Morgan fingerprint density at radius 1 is 1.22 bits per heavy atom. The predicted molar refractivity (Wildman–Crippen MR) is 91.8 cm³/mol. The topological polar surface area (TPSA) is 55.6 Å². The Kier molecular flexibility index (Phi) is 5.09. The summed E-state index contributed by atoms with van der Waals surface area (Å²) in [6.07, 6.45) is 8.58. The highest BCUT2D eigenvalue weighted by molar-refractivity contribution is 5.72. The van der Waals surface area contributed by atoms with E-state index in [1.807, 2.05) is 0 Å². The number of hydrogen-bond donors (Lipinski definition) is 1. The van der Waals surface area contributed by atoms with E-state index in [0.717, 1.165) is 44.0 Å². The van der Waals surface area contributed by atoms with Gasteiger partial charge in [0.15, 0.2) is 0 Å². The fraction of sp³-hybridized carbons (Fsp3) is 0.632. The van der Waals surface area contributed by atoms with Gasteiger partial charge in [0.05, 0.1) is 7.11 Å². The van der Waals surface area contributed by atoms with Crippen LogP contribution >= 0.6 is 0 Å². The molecule has 0 bridgehead atoms. The smallest absolute Gasteiger partial charge is 0.314 e. The van der Waals surface area contributed by atoms with E-state index in [1.165, 1.54) is 36.8 Å². The zero-order valence-electron chi connectivity index (χ0n) is 14.1. The number of piperidine rings is 1. The van der Waals surface area contributed by atoms with E-state index < -0.39 is 0 Å². The summed E-state index contributed by atoms with van der Waals surface area (Å²) in [5.41, 5.74) is 8.12. The minimum atomic E-state index is -0.292. The fourth-order valence-corrected chi connectivity index (χ4v) is 4.17. The first-order valence-corrected chi connectivity index (χ1v) is 8.88. The van der Waals surface area contributed by atoms with E-state index in [2.05, 4.69) is 18.2 Å². The highest BCUT2D eigenvalue weighted by Crippen LogP contribution is 2.35. The summed E-state index contributed by atoms with van der Waals surface area (Å²) in [6.45, 7) is 1.54. The minimum absolute atomic E-state index is 0.292. The van der Waals surface area contributed by atoms with Crippen molar-refractivity contribution < 1.29 is 9.53 Å². The third-order valence-electron chi connectivity index (χ3n) is 5.57. The molecule has 0 atom stereocenters. The van der Waals surface area contributed by atoms with Crippen LogP contribution in [0, 0.1) is 5.92 Å². The van der Waals surface area contributed by atoms with Crippen LogP contribution in [0.5, 0.6) is 5.75 Å². The number of carbonyl (C=O) groups excluding carboxylic acids is 1. The van der Waals surface area contributed by atoms with E-state index in [4.69, 9.17) is 10.5 Å². The number of ether oxygens (including phenoxy) is 1. The summed E-state index contributed by atoms with van der Waals surface area (Å²) >= 11 is 0. The van der Waals surface area contributed by atoms with Crippen molar-refractivity contribution in [1.82, 2.24) is 4.90 Å². The number of nitrogens with two attached hydrogens (primary N) is 1. The molecule has 2 aliphatic rings. The molecule has 0 aromatic heterocycles. The third kappa shape index (κ3) is 3.80. The Morgan fingerprint density at radius 3 is 2.52 bits per heavy atom. The lowest BCUT2D eigenvalue weighted by molar-refractivity contribution is 0.190. The van der Waals surface area contributed by atoms with Gasteiger partial charge in [-0.2, -0.15) is 0 Å². The number of benzene rings is 1. The maximum absolute atomic E-state index is 11.3. The quantitative estimate of drug-likeness (QED) is 0.921. The molecule has 2 fully saturated rings. The van der Waals surface area contributed by atoms with Crippen LogP contribution in [-0.2, 0) is 6.42 Å². The number of primary amides is 1. The lowest BCUT2D eigenvalue weighted by Crippen LogP contribution is -2.41. The number of rotatable bonds is 4. The van der Waals surface area contributed by atoms with E-state index >= 15 is 0 Å². The summed E-state index contributed by atoms with van der Waals surface area (Å²) < 4.78 is 5.58. The third-order valence-corrected chi connectivity index (χ3v) is 5.57. The molecule has 23 heavy (non-hydrogen) atoms. The van der Waals surface area contributed by atoms with E-state index in [1.54, 1.807) is 12.0 Å². The number of carbonyl (C=O) groups is 1. The van der Waals surface area contributed by atoms with Crippen LogP contribution < -0.4 is 10.5 Å². The fourth-order valence-electron chi connectivity index (χ4n) is 4.17. The van der Waals surface area contributed by atoms with Gasteiger partial charge in [-0.1, -0.05) is 37.8 Å². The molecule has 0 unspecified atom stereocenters. The monoisotopic (exact) mass is 316 g/mol. The van der Waals surface area contributed by atoms with Crippen LogP contribution in [0.1, 0.15) is 55.6 Å². The van der Waals surface area contributed by atoms with Crippen LogP contribution in [0.4, 0.5) is 4.79 Å². The molecule has 1 aliphatic heterocycles. The van der Waals surface area contributed by atoms with Crippen LogP contribution in [0.25, 0.3) is 0 Å². The van der Waals surface area contributed by atoms with Crippen LogP contribution in [0.15, 0.2) is 18.2 Å². The van der Waals surface area contributed by atoms with Crippen molar-refractivity contribution in [2.45, 2.75) is 50.9 Å². The highest BCUT2D eigenvalue weighted by atomic mass is 16.5. The Hall–Kier alpha value is -1.71. The van der Waals surface area contributed by atoms with Gasteiger partial charge in [0.25, 0.3) is 0 Å². The van der Waals surface area contributed by atoms with Crippen molar-refractivity contribution in [3.63, 3.8) is 0 Å². The lowest BCUT2D eigenvalue weighted by Gasteiger charge is -2.31. The second kappa shape index (κ2) is 7.24. The number of methoxy groups -OCH3 is 1. The largest absolute Gasteiger partial charge is 0.496 e. The maximum atomic E-state index is 11.3. The van der Waals surface area contributed by atoms with Gasteiger partial charge in [-0.3, -0.25) is 0 Å². The molecular weight excluding hydrogens is 288 g/mol. The lowest BCUT2D eigenvalue weighted by atomic mass is 9.87. The standard InChI is InChI=1S/C19H28N2O2/c1-23-18-7-6-16(13-17(18)12-14-4-2-3-5-14)15-8-10-21(11-9-15)19(20)22/h6-7,13-15H,2-5,8-12H2,1H3,(H2,20,22). The summed E-state index contributed by atoms with van der Waals surface area (Å²) in [4.78, 5) is 13.0. The normalized spacial score (nSPS) is 20.0. The molecule has 4 heteroatoms. The molecule has 1 aliphatic carbocycles. The first-order chi connectivity index (χ1) is 11.2.